The van der Waals surface area contributed by atoms with Gasteiger partial charge in [0.2, 0.25) is 0 Å². The normalized spacial score (nSPS) is 11.5. The van der Waals surface area contributed by atoms with Gasteiger partial charge in [-0.25, -0.2) is 8.42 Å². The van der Waals surface area contributed by atoms with E-state index >= 15 is 0 Å². The van der Waals surface area contributed by atoms with E-state index in [2.05, 4.69) is 10.0 Å². The molecule has 6 nitrogen and oxygen atoms in total. The first-order valence-electron chi connectivity index (χ1n) is 7.57. The van der Waals surface area contributed by atoms with Crippen molar-refractivity contribution in [2.24, 2.45) is 0 Å². The molecule has 0 aliphatic carbocycles. The molecular weight excluding hydrogens is 348 g/mol. The maximum Gasteiger partial charge on any atom is 0.271 e. The van der Waals surface area contributed by atoms with Crippen LogP contribution < -0.4 is 10.0 Å². The molecule has 1 aromatic carbocycles. The number of amides is 1. The number of benzene rings is 1. The minimum Gasteiger partial charge on any atom is -0.507 e. The van der Waals surface area contributed by atoms with E-state index in [9.17, 15) is 18.3 Å². The number of thiophene rings is 1. The molecule has 1 amide bonds. The van der Waals surface area contributed by atoms with Crippen molar-refractivity contribution < 1.29 is 18.3 Å². The Labute approximate surface area is 145 Å². The fourth-order valence-corrected chi connectivity index (χ4v) is 4.21. The van der Waals surface area contributed by atoms with Crippen molar-refractivity contribution in [1.29, 1.82) is 0 Å². The van der Waals surface area contributed by atoms with Crippen LogP contribution in [-0.2, 0) is 10.0 Å². The zero-order valence-corrected chi connectivity index (χ0v) is 15.1. The van der Waals surface area contributed by atoms with Crippen LogP contribution in [0.5, 0.6) is 5.75 Å². The zero-order valence-electron chi connectivity index (χ0n) is 13.4. The fourth-order valence-electron chi connectivity index (χ4n) is 2.16. The Morgan fingerprint density at radius 1 is 1.25 bits per heavy atom. The van der Waals surface area contributed by atoms with Gasteiger partial charge in [-0.05, 0) is 36.4 Å². The topological polar surface area (TPSA) is 95.5 Å². The molecule has 0 aliphatic heterocycles. The smallest absolute Gasteiger partial charge is 0.271 e. The average molecular weight is 368 g/mol. The average Bonchev–Trinajstić information content (AvgIpc) is 3.07. The molecule has 130 valence electrons. The molecule has 0 bridgehead atoms. The monoisotopic (exact) mass is 368 g/mol. The van der Waals surface area contributed by atoms with E-state index < -0.39 is 10.0 Å². The molecule has 1 aromatic heterocycles. The Morgan fingerprint density at radius 2 is 1.96 bits per heavy atom. The number of hydrogen-bond donors (Lipinski definition) is 3. The van der Waals surface area contributed by atoms with Crippen molar-refractivity contribution >= 4 is 33.0 Å². The molecule has 24 heavy (non-hydrogen) atoms. The van der Waals surface area contributed by atoms with Gasteiger partial charge in [0.15, 0.2) is 0 Å². The maximum absolute atomic E-state index is 12.2. The minimum absolute atomic E-state index is 0.0360. The number of rotatable bonds is 7. The molecule has 0 unspecified atom stereocenters. The van der Waals surface area contributed by atoms with Crippen molar-refractivity contribution in [3.63, 3.8) is 0 Å². The molecule has 0 saturated heterocycles. The predicted molar refractivity (Wildman–Crippen MR) is 95.1 cm³/mol. The molecule has 0 radical (unpaired) electrons. The van der Waals surface area contributed by atoms with Gasteiger partial charge in [0, 0.05) is 12.1 Å². The summed E-state index contributed by atoms with van der Waals surface area (Å²) in [4.78, 5) is 12.2. The summed E-state index contributed by atoms with van der Waals surface area (Å²) in [5.74, 6) is -0.654. The van der Waals surface area contributed by atoms with Crippen LogP contribution in [0.1, 0.15) is 37.0 Å². The highest BCUT2D eigenvalue weighted by Crippen LogP contribution is 2.25. The molecule has 3 N–H and O–H groups in total. The summed E-state index contributed by atoms with van der Waals surface area (Å²) in [6.45, 7) is 3.94. The van der Waals surface area contributed by atoms with Gasteiger partial charge in [-0.1, -0.05) is 19.9 Å². The summed E-state index contributed by atoms with van der Waals surface area (Å²) < 4.78 is 26.9. The van der Waals surface area contributed by atoms with Crippen molar-refractivity contribution in [3.05, 3.63) is 41.3 Å². The number of phenolic OH excluding ortho intramolecular Hbond substituents is 1. The third kappa shape index (κ3) is 4.27. The number of carbonyl (C=O) groups excluding carboxylic acids is 1. The number of phenols is 1. The number of sulfonamides is 1. The Hall–Kier alpha value is -2.06. The van der Waals surface area contributed by atoms with Crippen LogP contribution in [0.4, 0.5) is 5.69 Å². The largest absolute Gasteiger partial charge is 0.507 e. The second kappa shape index (κ2) is 7.67. The first-order chi connectivity index (χ1) is 11.4. The van der Waals surface area contributed by atoms with Crippen molar-refractivity contribution in [3.8, 4) is 5.75 Å². The zero-order chi connectivity index (χ0) is 17.7. The summed E-state index contributed by atoms with van der Waals surface area (Å²) in [5.41, 5.74) is 0.306. The third-order valence-electron chi connectivity index (χ3n) is 3.58. The lowest BCUT2D eigenvalue weighted by Crippen LogP contribution is -2.33. The highest BCUT2D eigenvalue weighted by atomic mass is 32.2. The summed E-state index contributed by atoms with van der Waals surface area (Å²) in [5, 5.41) is 14.5. The lowest BCUT2D eigenvalue weighted by molar-refractivity contribution is 0.0932. The summed E-state index contributed by atoms with van der Waals surface area (Å²) in [6, 6.07) is 7.25. The van der Waals surface area contributed by atoms with E-state index in [4.69, 9.17) is 0 Å². The minimum atomic E-state index is -3.69. The van der Waals surface area contributed by atoms with E-state index in [1.807, 2.05) is 13.8 Å². The molecule has 0 aliphatic rings. The SMILES string of the molecule is CCC(CC)NC(=O)c1ccc(NS(=O)(=O)c2cccs2)cc1O. The lowest BCUT2D eigenvalue weighted by Gasteiger charge is -2.15. The van der Waals surface area contributed by atoms with Gasteiger partial charge in [0.05, 0.1) is 11.3 Å². The molecule has 0 saturated carbocycles. The number of hydrogen-bond acceptors (Lipinski definition) is 5. The Morgan fingerprint density at radius 3 is 2.50 bits per heavy atom. The molecular formula is C16H20N2O4S2. The van der Waals surface area contributed by atoms with Crippen LogP contribution >= 0.6 is 11.3 Å². The number of anilines is 1. The van der Waals surface area contributed by atoms with Gasteiger partial charge >= 0.3 is 0 Å². The van der Waals surface area contributed by atoms with Crippen LogP contribution in [0, 0.1) is 0 Å². The summed E-state index contributed by atoms with van der Waals surface area (Å²) >= 11 is 1.10. The Balaban J connectivity index is 2.17. The first kappa shape index (κ1) is 18.3. The molecule has 0 atom stereocenters. The standard InChI is InChI=1S/C16H20N2O4S2/c1-3-11(4-2)17-16(20)13-8-7-12(10-14(13)19)18-24(21,22)15-6-5-9-23-15/h5-11,18-19H,3-4H2,1-2H3,(H,17,20). The number of carbonyl (C=O) groups is 1. The fraction of sp³-hybridized carbons (Fsp3) is 0.312. The number of aromatic hydroxyl groups is 1. The molecule has 0 spiro atoms. The molecule has 2 rings (SSSR count). The Kier molecular flexibility index (Phi) is 5.84. The van der Waals surface area contributed by atoms with Gasteiger partial charge in [0.25, 0.3) is 15.9 Å². The van der Waals surface area contributed by atoms with Crippen LogP contribution in [0.25, 0.3) is 0 Å². The molecule has 2 aromatic rings. The third-order valence-corrected chi connectivity index (χ3v) is 6.35. The summed E-state index contributed by atoms with van der Waals surface area (Å²) in [6.07, 6.45) is 1.59. The van der Waals surface area contributed by atoms with Crippen LogP contribution in [0.2, 0.25) is 0 Å². The van der Waals surface area contributed by atoms with E-state index in [-0.39, 0.29) is 33.2 Å². The number of nitrogens with one attached hydrogen (secondary N) is 2. The molecule has 1 heterocycles. The highest BCUT2D eigenvalue weighted by molar-refractivity contribution is 7.94. The second-order valence-electron chi connectivity index (χ2n) is 5.26. The van der Waals surface area contributed by atoms with Gasteiger partial charge in [-0.15, -0.1) is 11.3 Å². The Bertz CT molecular complexity index is 797. The molecule has 0 fully saturated rings. The van der Waals surface area contributed by atoms with Gasteiger partial charge in [-0.3, -0.25) is 9.52 Å². The second-order valence-corrected chi connectivity index (χ2v) is 8.11. The van der Waals surface area contributed by atoms with Crippen LogP contribution in [0.15, 0.2) is 39.9 Å². The summed E-state index contributed by atoms with van der Waals surface area (Å²) in [7, 11) is -3.69. The van der Waals surface area contributed by atoms with Crippen molar-refractivity contribution in [2.75, 3.05) is 4.72 Å². The molecule has 8 heteroatoms. The van der Waals surface area contributed by atoms with Crippen LogP contribution in [0.3, 0.4) is 0 Å². The first-order valence-corrected chi connectivity index (χ1v) is 9.93. The van der Waals surface area contributed by atoms with E-state index in [1.54, 1.807) is 11.4 Å². The van der Waals surface area contributed by atoms with Crippen molar-refractivity contribution in [1.82, 2.24) is 5.32 Å². The maximum atomic E-state index is 12.2. The lowest BCUT2D eigenvalue weighted by atomic mass is 10.1. The van der Waals surface area contributed by atoms with Gasteiger partial charge in [0.1, 0.15) is 9.96 Å². The predicted octanol–water partition coefficient (Wildman–Crippen LogP) is 3.17. The highest BCUT2D eigenvalue weighted by Gasteiger charge is 2.18. The van der Waals surface area contributed by atoms with Gasteiger partial charge in [-0.2, -0.15) is 0 Å². The van der Waals surface area contributed by atoms with Crippen molar-refractivity contribution in [2.45, 2.75) is 36.9 Å². The quantitative estimate of drug-likeness (QED) is 0.699. The van der Waals surface area contributed by atoms with E-state index in [0.717, 1.165) is 24.2 Å². The van der Waals surface area contributed by atoms with E-state index in [1.165, 1.54) is 24.3 Å². The van der Waals surface area contributed by atoms with Crippen LogP contribution in [-0.4, -0.2) is 25.5 Å². The van der Waals surface area contributed by atoms with E-state index in [0.29, 0.717) is 0 Å². The van der Waals surface area contributed by atoms with Gasteiger partial charge < -0.3 is 10.4 Å².